The van der Waals surface area contributed by atoms with Gasteiger partial charge in [0.05, 0.1) is 12.5 Å². The van der Waals surface area contributed by atoms with E-state index in [4.69, 9.17) is 9.84 Å². The van der Waals surface area contributed by atoms with Crippen LogP contribution in [-0.2, 0) is 17.9 Å². The first-order valence-electron chi connectivity index (χ1n) is 9.94. The lowest BCUT2D eigenvalue weighted by Crippen LogP contribution is -2.26. The summed E-state index contributed by atoms with van der Waals surface area (Å²) >= 11 is 0. The number of ether oxygens (including phenoxy) is 1. The van der Waals surface area contributed by atoms with Crippen molar-refractivity contribution < 1.29 is 19.0 Å². The maximum Gasteiger partial charge on any atom is 0.304 e. The highest BCUT2D eigenvalue weighted by atomic mass is 19.1. The van der Waals surface area contributed by atoms with Crippen molar-refractivity contribution in [1.29, 1.82) is 0 Å². The van der Waals surface area contributed by atoms with Gasteiger partial charge in [0.1, 0.15) is 11.6 Å². The van der Waals surface area contributed by atoms with Crippen LogP contribution in [0.2, 0.25) is 0 Å². The van der Waals surface area contributed by atoms with E-state index in [1.165, 1.54) is 18.9 Å². The Bertz CT molecular complexity index is 802. The summed E-state index contributed by atoms with van der Waals surface area (Å²) in [4.78, 5) is 13.0. The van der Waals surface area contributed by atoms with Crippen LogP contribution in [0.25, 0.3) is 0 Å². The molecule has 3 rings (SSSR count). The summed E-state index contributed by atoms with van der Waals surface area (Å²) in [7, 11) is 0. The van der Waals surface area contributed by atoms with Gasteiger partial charge < -0.3 is 9.84 Å². The molecule has 28 heavy (non-hydrogen) atoms. The molecule has 4 nitrogen and oxygen atoms in total. The van der Waals surface area contributed by atoms with Crippen LogP contribution in [0.3, 0.4) is 0 Å². The lowest BCUT2D eigenvalue weighted by atomic mass is 10.1. The van der Waals surface area contributed by atoms with Gasteiger partial charge in [-0.05, 0) is 56.4 Å². The number of aliphatic carboxylic acids is 1. The lowest BCUT2D eigenvalue weighted by molar-refractivity contribution is -0.137. The molecule has 2 aromatic rings. The number of halogens is 1. The van der Waals surface area contributed by atoms with E-state index in [9.17, 15) is 9.18 Å². The second-order valence-corrected chi connectivity index (χ2v) is 7.62. The highest BCUT2D eigenvalue weighted by Crippen LogP contribution is 2.25. The molecule has 0 amide bonds. The topological polar surface area (TPSA) is 49.8 Å². The summed E-state index contributed by atoms with van der Waals surface area (Å²) in [6, 6.07) is 13.0. The number of carbonyl (C=O) groups is 1. The minimum atomic E-state index is -0.854. The molecule has 0 saturated heterocycles. The Labute approximate surface area is 165 Å². The molecule has 0 radical (unpaired) electrons. The fourth-order valence-electron chi connectivity index (χ4n) is 3.71. The van der Waals surface area contributed by atoms with Gasteiger partial charge in [0, 0.05) is 25.2 Å². The first kappa shape index (κ1) is 20.3. The monoisotopic (exact) mass is 385 g/mol. The number of nitrogens with zero attached hydrogens (tertiary/aromatic N) is 1. The number of carboxylic acids is 1. The van der Waals surface area contributed by atoms with E-state index >= 15 is 0 Å². The molecular formula is C23H28FNO3. The third-order valence-corrected chi connectivity index (χ3v) is 5.15. The molecule has 1 saturated carbocycles. The average Bonchev–Trinajstić information content (AvgIpc) is 3.16. The zero-order valence-corrected chi connectivity index (χ0v) is 16.4. The number of carboxylic acid groups (broad SMARTS) is 1. The van der Waals surface area contributed by atoms with E-state index in [0.29, 0.717) is 31.3 Å². The molecule has 0 spiro atoms. The summed E-state index contributed by atoms with van der Waals surface area (Å²) in [6.45, 7) is 3.20. The van der Waals surface area contributed by atoms with Crippen molar-refractivity contribution in [3.63, 3.8) is 0 Å². The summed E-state index contributed by atoms with van der Waals surface area (Å²) in [6.07, 6.45) is 4.94. The highest BCUT2D eigenvalue weighted by molar-refractivity contribution is 5.66. The largest absolute Gasteiger partial charge is 0.490 e. The van der Waals surface area contributed by atoms with Gasteiger partial charge in [0.15, 0.2) is 0 Å². The molecule has 0 heterocycles. The summed E-state index contributed by atoms with van der Waals surface area (Å²) in [5.74, 6) is -0.262. The van der Waals surface area contributed by atoms with Crippen LogP contribution < -0.4 is 4.74 Å². The van der Waals surface area contributed by atoms with Gasteiger partial charge >= 0.3 is 5.97 Å². The smallest absolute Gasteiger partial charge is 0.304 e. The molecule has 1 aliphatic rings. The van der Waals surface area contributed by atoms with E-state index in [-0.39, 0.29) is 12.2 Å². The van der Waals surface area contributed by atoms with Crippen molar-refractivity contribution in [2.45, 2.75) is 58.2 Å². The molecule has 0 atom stereocenters. The molecule has 1 fully saturated rings. The molecule has 0 bridgehead atoms. The quantitative estimate of drug-likeness (QED) is 0.665. The molecule has 2 aromatic carbocycles. The van der Waals surface area contributed by atoms with Crippen molar-refractivity contribution in [3.8, 4) is 5.75 Å². The first-order valence-corrected chi connectivity index (χ1v) is 9.94. The molecule has 0 aliphatic heterocycles. The van der Waals surface area contributed by atoms with Crippen LogP contribution >= 0.6 is 0 Å². The number of benzene rings is 2. The Hall–Kier alpha value is -2.40. The predicted octanol–water partition coefficient (Wildman–Crippen LogP) is 4.93. The molecule has 5 heteroatoms. The fourth-order valence-corrected chi connectivity index (χ4v) is 3.71. The summed E-state index contributed by atoms with van der Waals surface area (Å²) in [5.41, 5.74) is 2.61. The molecule has 1 aliphatic carbocycles. The maximum atomic E-state index is 14.2. The normalized spacial score (nSPS) is 14.5. The molecule has 1 N–H and O–H groups in total. The van der Waals surface area contributed by atoms with Gasteiger partial charge in [0.2, 0.25) is 0 Å². The molecule has 150 valence electrons. The van der Waals surface area contributed by atoms with Crippen molar-refractivity contribution in [2.75, 3.05) is 6.54 Å². The third kappa shape index (κ3) is 6.06. The van der Waals surface area contributed by atoms with Crippen LogP contribution in [0.1, 0.15) is 48.8 Å². The van der Waals surface area contributed by atoms with Gasteiger partial charge in [-0.2, -0.15) is 0 Å². The molecule has 0 unspecified atom stereocenters. The van der Waals surface area contributed by atoms with Crippen LogP contribution in [0.15, 0.2) is 42.5 Å². The van der Waals surface area contributed by atoms with E-state index in [2.05, 4.69) is 0 Å². The van der Waals surface area contributed by atoms with E-state index < -0.39 is 5.97 Å². The first-order chi connectivity index (χ1) is 13.5. The fraction of sp³-hybridized carbons (Fsp3) is 0.435. The second-order valence-electron chi connectivity index (χ2n) is 7.62. The minimum absolute atomic E-state index is 0.0195. The highest BCUT2D eigenvalue weighted by Gasteiger charge is 2.17. The van der Waals surface area contributed by atoms with E-state index in [0.717, 1.165) is 29.7 Å². The van der Waals surface area contributed by atoms with Crippen molar-refractivity contribution in [2.24, 2.45) is 0 Å². The maximum absolute atomic E-state index is 14.2. The molecule has 0 aromatic heterocycles. The van der Waals surface area contributed by atoms with Gasteiger partial charge in [-0.3, -0.25) is 9.69 Å². The predicted molar refractivity (Wildman–Crippen MR) is 107 cm³/mol. The molecular weight excluding hydrogens is 357 g/mol. The Morgan fingerprint density at radius 1 is 1.18 bits per heavy atom. The zero-order chi connectivity index (χ0) is 19.9. The third-order valence-electron chi connectivity index (χ3n) is 5.15. The van der Waals surface area contributed by atoms with Crippen molar-refractivity contribution in [3.05, 3.63) is 65.0 Å². The number of rotatable bonds is 9. The van der Waals surface area contributed by atoms with Gasteiger partial charge in [-0.15, -0.1) is 0 Å². The van der Waals surface area contributed by atoms with Crippen molar-refractivity contribution in [1.82, 2.24) is 4.90 Å². The second kappa shape index (κ2) is 9.69. The summed E-state index contributed by atoms with van der Waals surface area (Å²) < 4.78 is 20.3. The Kier molecular flexibility index (Phi) is 7.04. The SMILES string of the molecule is Cc1ccc(F)c(CN(CCC(=O)O)Cc2cccc(OC3CCCC3)c2)c1. The number of hydrogen-bond acceptors (Lipinski definition) is 3. The minimum Gasteiger partial charge on any atom is -0.490 e. The Balaban J connectivity index is 1.71. The van der Waals surface area contributed by atoms with Crippen LogP contribution in [0, 0.1) is 12.7 Å². The van der Waals surface area contributed by atoms with Gasteiger partial charge in [0.25, 0.3) is 0 Å². The summed E-state index contributed by atoms with van der Waals surface area (Å²) in [5, 5.41) is 9.08. The number of hydrogen-bond donors (Lipinski definition) is 1. The van der Waals surface area contributed by atoms with Gasteiger partial charge in [-0.1, -0.05) is 29.8 Å². The van der Waals surface area contributed by atoms with Crippen molar-refractivity contribution >= 4 is 5.97 Å². The lowest BCUT2D eigenvalue weighted by Gasteiger charge is -2.23. The Morgan fingerprint density at radius 3 is 2.71 bits per heavy atom. The van der Waals surface area contributed by atoms with Crippen LogP contribution in [-0.4, -0.2) is 28.6 Å². The standard InChI is InChI=1S/C23H28FNO3/c1-17-9-10-22(24)19(13-17)16-25(12-11-23(26)27)15-18-5-4-8-21(14-18)28-20-6-2-3-7-20/h4-5,8-10,13-14,20H,2-3,6-7,11-12,15-16H2,1H3,(H,26,27). The van der Waals surface area contributed by atoms with E-state index in [1.54, 1.807) is 6.07 Å². The Morgan fingerprint density at radius 2 is 1.96 bits per heavy atom. The van der Waals surface area contributed by atoms with Gasteiger partial charge in [-0.25, -0.2) is 4.39 Å². The number of aryl methyl sites for hydroxylation is 1. The van der Waals surface area contributed by atoms with Crippen LogP contribution in [0.5, 0.6) is 5.75 Å². The zero-order valence-electron chi connectivity index (χ0n) is 16.4. The van der Waals surface area contributed by atoms with E-state index in [1.807, 2.05) is 42.2 Å². The van der Waals surface area contributed by atoms with Crippen LogP contribution in [0.4, 0.5) is 4.39 Å². The average molecular weight is 385 g/mol.